The van der Waals surface area contributed by atoms with E-state index in [0.29, 0.717) is 5.92 Å². The molecule has 0 spiro atoms. The number of hydrogen-bond acceptors (Lipinski definition) is 3. The minimum atomic E-state index is -0.507. The molecule has 3 heteroatoms. The molecular formula is C10H19NO2. The third-order valence-corrected chi connectivity index (χ3v) is 3.45. The van der Waals surface area contributed by atoms with Crippen molar-refractivity contribution in [3.05, 3.63) is 0 Å². The number of nitrogens with two attached hydrogens (primary N) is 1. The van der Waals surface area contributed by atoms with Gasteiger partial charge in [0.1, 0.15) is 0 Å². The van der Waals surface area contributed by atoms with Crippen molar-refractivity contribution in [1.29, 1.82) is 0 Å². The van der Waals surface area contributed by atoms with E-state index in [9.17, 15) is 5.11 Å². The molecule has 1 aliphatic heterocycles. The predicted molar refractivity (Wildman–Crippen MR) is 50.3 cm³/mol. The first kappa shape index (κ1) is 9.44. The molecule has 13 heavy (non-hydrogen) atoms. The molecule has 0 aromatic carbocycles. The molecule has 1 aliphatic carbocycles. The van der Waals surface area contributed by atoms with Crippen LogP contribution in [0.25, 0.3) is 0 Å². The van der Waals surface area contributed by atoms with Crippen molar-refractivity contribution in [2.75, 3.05) is 13.2 Å². The largest absolute Gasteiger partial charge is 0.390 e. The summed E-state index contributed by atoms with van der Waals surface area (Å²) in [5.74, 6) is 0.557. The highest BCUT2D eigenvalue weighted by Gasteiger charge is 2.52. The molecule has 3 nitrogen and oxygen atoms in total. The number of aliphatic hydroxyl groups is 1. The molecule has 2 aliphatic rings. The Morgan fingerprint density at radius 1 is 1.31 bits per heavy atom. The second-order valence-electron chi connectivity index (χ2n) is 4.97. The zero-order valence-corrected chi connectivity index (χ0v) is 8.25. The highest BCUT2D eigenvalue weighted by Crippen LogP contribution is 2.46. The highest BCUT2D eigenvalue weighted by molar-refractivity contribution is 5.09. The van der Waals surface area contributed by atoms with Crippen LogP contribution in [0.4, 0.5) is 0 Å². The zero-order chi connectivity index (χ0) is 9.53. The quantitative estimate of drug-likeness (QED) is 0.631. The van der Waals surface area contributed by atoms with Gasteiger partial charge in [-0.3, -0.25) is 0 Å². The van der Waals surface area contributed by atoms with Gasteiger partial charge in [-0.15, -0.1) is 0 Å². The van der Waals surface area contributed by atoms with Gasteiger partial charge in [-0.25, -0.2) is 0 Å². The third-order valence-electron chi connectivity index (χ3n) is 3.45. The molecule has 1 heterocycles. The van der Waals surface area contributed by atoms with Gasteiger partial charge in [0, 0.05) is 18.8 Å². The Bertz CT molecular complexity index is 189. The van der Waals surface area contributed by atoms with Crippen LogP contribution < -0.4 is 5.73 Å². The first-order valence-corrected chi connectivity index (χ1v) is 5.11. The van der Waals surface area contributed by atoms with E-state index in [4.69, 9.17) is 10.5 Å². The second kappa shape index (κ2) is 2.94. The maximum atomic E-state index is 9.67. The lowest BCUT2D eigenvalue weighted by molar-refractivity contribution is -0.108. The molecular weight excluding hydrogens is 166 g/mol. The highest BCUT2D eigenvalue weighted by atomic mass is 16.5. The lowest BCUT2D eigenvalue weighted by atomic mass is 9.59. The normalized spacial score (nSPS) is 47.3. The summed E-state index contributed by atoms with van der Waals surface area (Å²) in [6.07, 6.45) is 3.63. The van der Waals surface area contributed by atoms with Crippen molar-refractivity contribution in [1.82, 2.24) is 0 Å². The Kier molecular flexibility index (Phi) is 2.13. The molecule has 0 unspecified atom stereocenters. The summed E-state index contributed by atoms with van der Waals surface area (Å²) >= 11 is 0. The predicted octanol–water partition coefficient (Wildman–Crippen LogP) is 0.655. The molecule has 2 fully saturated rings. The lowest BCUT2D eigenvalue weighted by Gasteiger charge is -2.54. The van der Waals surface area contributed by atoms with E-state index in [2.05, 4.69) is 0 Å². The third kappa shape index (κ3) is 1.73. The smallest absolute Gasteiger partial charge is 0.0655 e. The Labute approximate surface area is 79.3 Å². The summed E-state index contributed by atoms with van der Waals surface area (Å²) in [5.41, 5.74) is 5.63. The molecule has 3 N–H and O–H groups in total. The fourth-order valence-corrected chi connectivity index (χ4v) is 2.93. The van der Waals surface area contributed by atoms with E-state index >= 15 is 0 Å². The van der Waals surface area contributed by atoms with E-state index < -0.39 is 5.60 Å². The van der Waals surface area contributed by atoms with Gasteiger partial charge in [0.15, 0.2) is 0 Å². The van der Waals surface area contributed by atoms with Gasteiger partial charge in [-0.1, -0.05) is 0 Å². The summed E-state index contributed by atoms with van der Waals surface area (Å²) in [6.45, 7) is 3.55. The topological polar surface area (TPSA) is 55.5 Å². The minimum Gasteiger partial charge on any atom is -0.390 e. The van der Waals surface area contributed by atoms with Gasteiger partial charge >= 0.3 is 0 Å². The molecule has 1 saturated carbocycles. The van der Waals surface area contributed by atoms with Gasteiger partial charge in [-0.2, -0.15) is 0 Å². The molecule has 0 bridgehead atoms. The van der Waals surface area contributed by atoms with Crippen LogP contribution in [0, 0.1) is 5.92 Å². The lowest BCUT2D eigenvalue weighted by Crippen LogP contribution is -2.65. The van der Waals surface area contributed by atoms with Crippen molar-refractivity contribution in [2.45, 2.75) is 43.7 Å². The first-order valence-electron chi connectivity index (χ1n) is 5.11. The molecule has 0 aromatic heterocycles. The molecule has 76 valence electrons. The van der Waals surface area contributed by atoms with Gasteiger partial charge < -0.3 is 15.6 Å². The van der Waals surface area contributed by atoms with Gasteiger partial charge in [-0.05, 0) is 38.5 Å². The second-order valence-corrected chi connectivity index (χ2v) is 4.97. The summed E-state index contributed by atoms with van der Waals surface area (Å²) in [6, 6.07) is 0. The van der Waals surface area contributed by atoms with E-state index in [0.717, 1.165) is 38.9 Å². The standard InChI is InChI=1S/C10H19NO2/c1-9(12)6-10(11,7-9)8-2-4-13-5-3-8/h8,12H,2-7,11H2,1H3. The first-order chi connectivity index (χ1) is 6.02. The van der Waals surface area contributed by atoms with Crippen LogP contribution in [0.3, 0.4) is 0 Å². The summed E-state index contributed by atoms with van der Waals surface area (Å²) in [5, 5.41) is 9.67. The number of ether oxygens (including phenoxy) is 1. The molecule has 0 radical (unpaired) electrons. The molecule has 1 saturated heterocycles. The average Bonchev–Trinajstić information content (AvgIpc) is 2.02. The number of hydrogen-bond donors (Lipinski definition) is 2. The summed E-state index contributed by atoms with van der Waals surface area (Å²) < 4.78 is 5.30. The van der Waals surface area contributed by atoms with Crippen molar-refractivity contribution < 1.29 is 9.84 Å². The monoisotopic (exact) mass is 185 g/mol. The van der Waals surface area contributed by atoms with E-state index in [1.807, 2.05) is 6.92 Å². The van der Waals surface area contributed by atoms with Crippen LogP contribution in [-0.4, -0.2) is 29.5 Å². The van der Waals surface area contributed by atoms with Crippen molar-refractivity contribution >= 4 is 0 Å². The van der Waals surface area contributed by atoms with Crippen LogP contribution >= 0.6 is 0 Å². The van der Waals surface area contributed by atoms with Crippen molar-refractivity contribution in [3.63, 3.8) is 0 Å². The molecule has 2 rings (SSSR count). The van der Waals surface area contributed by atoms with E-state index in [1.165, 1.54) is 0 Å². The van der Waals surface area contributed by atoms with Crippen LogP contribution in [0.5, 0.6) is 0 Å². The molecule has 0 aromatic rings. The van der Waals surface area contributed by atoms with Crippen LogP contribution in [0.2, 0.25) is 0 Å². The van der Waals surface area contributed by atoms with E-state index in [1.54, 1.807) is 0 Å². The van der Waals surface area contributed by atoms with Crippen LogP contribution in [0.1, 0.15) is 32.6 Å². The Morgan fingerprint density at radius 3 is 2.31 bits per heavy atom. The molecule has 0 atom stereocenters. The van der Waals surface area contributed by atoms with Gasteiger partial charge in [0.25, 0.3) is 0 Å². The molecule has 0 amide bonds. The van der Waals surface area contributed by atoms with Crippen LogP contribution in [-0.2, 0) is 4.74 Å². The van der Waals surface area contributed by atoms with Gasteiger partial charge in [0.2, 0.25) is 0 Å². The average molecular weight is 185 g/mol. The summed E-state index contributed by atoms with van der Waals surface area (Å²) in [4.78, 5) is 0. The SMILES string of the molecule is CC1(O)CC(N)(C2CCOCC2)C1. The van der Waals surface area contributed by atoms with Crippen molar-refractivity contribution in [3.8, 4) is 0 Å². The van der Waals surface area contributed by atoms with Crippen LogP contribution in [0.15, 0.2) is 0 Å². The number of rotatable bonds is 1. The summed E-state index contributed by atoms with van der Waals surface area (Å²) in [7, 11) is 0. The Morgan fingerprint density at radius 2 is 1.85 bits per heavy atom. The zero-order valence-electron chi connectivity index (χ0n) is 8.25. The van der Waals surface area contributed by atoms with E-state index in [-0.39, 0.29) is 5.54 Å². The maximum Gasteiger partial charge on any atom is 0.0655 e. The fourth-order valence-electron chi connectivity index (χ4n) is 2.93. The van der Waals surface area contributed by atoms with Crippen molar-refractivity contribution in [2.24, 2.45) is 11.7 Å². The van der Waals surface area contributed by atoms with Gasteiger partial charge in [0.05, 0.1) is 5.60 Å². The maximum absolute atomic E-state index is 9.67. The fraction of sp³-hybridized carbons (Fsp3) is 1.00. The Balaban J connectivity index is 1.93. The Hall–Kier alpha value is -0.120. The minimum absolute atomic E-state index is 0.104.